The summed E-state index contributed by atoms with van der Waals surface area (Å²) < 4.78 is 19.4. The summed E-state index contributed by atoms with van der Waals surface area (Å²) in [5, 5.41) is 3.26. The molecule has 0 unspecified atom stereocenters. The molecule has 0 bridgehead atoms. The van der Waals surface area contributed by atoms with Gasteiger partial charge in [-0.25, -0.2) is 4.39 Å². The molecule has 1 N–H and O–H groups in total. The van der Waals surface area contributed by atoms with E-state index >= 15 is 0 Å². The number of thioether (sulfide) groups is 1. The Balaban J connectivity index is 2.03. The molecule has 0 aliphatic heterocycles. The topological polar surface area (TPSA) is 25.2 Å². The lowest BCUT2D eigenvalue weighted by atomic mass is 10.2. The highest BCUT2D eigenvalue weighted by Gasteiger charge is 2.06. The largest absolute Gasteiger partial charge is 0.463 e. The van der Waals surface area contributed by atoms with Crippen molar-refractivity contribution in [3.8, 4) is 0 Å². The van der Waals surface area contributed by atoms with Gasteiger partial charge in [0.2, 0.25) is 0 Å². The molecule has 0 radical (unpaired) electrons. The molecular formula is C14H15BrFNOS. The van der Waals surface area contributed by atoms with Crippen LogP contribution in [0.4, 0.5) is 10.1 Å². The SMILES string of the molecule is CSCc1ccc(CNc2cc(Br)c(F)cc2C)o1. The van der Waals surface area contributed by atoms with Crippen molar-refractivity contribution in [2.45, 2.75) is 19.2 Å². The van der Waals surface area contributed by atoms with Gasteiger partial charge in [-0.1, -0.05) is 0 Å². The second-order valence-corrected chi connectivity index (χ2v) is 5.96. The lowest BCUT2D eigenvalue weighted by molar-refractivity contribution is 0.487. The highest BCUT2D eigenvalue weighted by molar-refractivity contribution is 9.10. The molecule has 1 aromatic heterocycles. The van der Waals surface area contributed by atoms with Gasteiger partial charge in [0.15, 0.2) is 0 Å². The number of hydrogen-bond donors (Lipinski definition) is 1. The lowest BCUT2D eigenvalue weighted by Crippen LogP contribution is -2.00. The molecular weight excluding hydrogens is 329 g/mol. The highest BCUT2D eigenvalue weighted by Crippen LogP contribution is 2.25. The number of halogens is 2. The summed E-state index contributed by atoms with van der Waals surface area (Å²) in [4.78, 5) is 0. The lowest BCUT2D eigenvalue weighted by Gasteiger charge is -2.09. The van der Waals surface area contributed by atoms with Crippen LogP contribution in [0, 0.1) is 12.7 Å². The van der Waals surface area contributed by atoms with Gasteiger partial charge in [0, 0.05) is 5.69 Å². The van der Waals surface area contributed by atoms with Crippen LogP contribution in [0.1, 0.15) is 17.1 Å². The predicted octanol–water partition coefficient (Wildman–Crippen LogP) is 4.96. The van der Waals surface area contributed by atoms with Crippen LogP contribution in [-0.4, -0.2) is 6.26 Å². The van der Waals surface area contributed by atoms with Crippen LogP contribution in [0.5, 0.6) is 0 Å². The van der Waals surface area contributed by atoms with Crippen molar-refractivity contribution in [2.24, 2.45) is 0 Å². The van der Waals surface area contributed by atoms with E-state index in [2.05, 4.69) is 21.2 Å². The number of hydrogen-bond acceptors (Lipinski definition) is 3. The van der Waals surface area contributed by atoms with Gasteiger partial charge in [-0.3, -0.25) is 0 Å². The van der Waals surface area contributed by atoms with E-state index in [9.17, 15) is 4.39 Å². The van der Waals surface area contributed by atoms with Crippen LogP contribution in [0.3, 0.4) is 0 Å². The fourth-order valence-corrected chi connectivity index (χ4v) is 2.54. The Bertz CT molecular complexity index is 571. The van der Waals surface area contributed by atoms with Crippen LogP contribution in [0.15, 0.2) is 33.2 Å². The molecule has 0 atom stereocenters. The van der Waals surface area contributed by atoms with Crippen LogP contribution in [0.2, 0.25) is 0 Å². The second-order valence-electron chi connectivity index (χ2n) is 4.24. The van der Waals surface area contributed by atoms with Gasteiger partial charge in [0.25, 0.3) is 0 Å². The minimum atomic E-state index is -0.247. The van der Waals surface area contributed by atoms with E-state index in [1.807, 2.05) is 25.3 Å². The second kappa shape index (κ2) is 6.48. The van der Waals surface area contributed by atoms with Crippen LogP contribution >= 0.6 is 27.7 Å². The zero-order chi connectivity index (χ0) is 13.8. The van der Waals surface area contributed by atoms with E-state index in [4.69, 9.17) is 4.42 Å². The summed E-state index contributed by atoms with van der Waals surface area (Å²) in [6.07, 6.45) is 2.04. The fourth-order valence-electron chi connectivity index (χ4n) is 1.76. The molecule has 0 aliphatic carbocycles. The van der Waals surface area contributed by atoms with Crippen molar-refractivity contribution in [1.29, 1.82) is 0 Å². The number of nitrogens with one attached hydrogen (secondary N) is 1. The zero-order valence-electron chi connectivity index (χ0n) is 10.8. The van der Waals surface area contributed by atoms with Gasteiger partial charge in [-0.2, -0.15) is 11.8 Å². The Morgan fingerprint density at radius 3 is 2.79 bits per heavy atom. The maximum Gasteiger partial charge on any atom is 0.137 e. The Kier molecular flexibility index (Phi) is 4.93. The molecule has 0 spiro atoms. The molecule has 1 heterocycles. The van der Waals surface area contributed by atoms with Crippen LogP contribution in [-0.2, 0) is 12.3 Å². The molecule has 0 fully saturated rings. The third kappa shape index (κ3) is 3.76. The van der Waals surface area contributed by atoms with Crippen molar-refractivity contribution in [2.75, 3.05) is 11.6 Å². The normalized spacial score (nSPS) is 10.7. The number of furan rings is 1. The monoisotopic (exact) mass is 343 g/mol. The average molecular weight is 344 g/mol. The Morgan fingerprint density at radius 1 is 1.32 bits per heavy atom. The molecule has 2 rings (SSSR count). The van der Waals surface area contributed by atoms with E-state index in [-0.39, 0.29) is 5.82 Å². The Hall–Kier alpha value is -0.940. The molecule has 19 heavy (non-hydrogen) atoms. The number of rotatable bonds is 5. The zero-order valence-corrected chi connectivity index (χ0v) is 13.2. The standard InChI is InChI=1S/C14H15BrFNOS/c1-9-5-13(16)12(15)6-14(9)17-7-10-3-4-11(18-10)8-19-2/h3-6,17H,7-8H2,1-2H3. The Morgan fingerprint density at radius 2 is 2.05 bits per heavy atom. The van der Waals surface area contributed by atoms with E-state index in [1.165, 1.54) is 6.07 Å². The summed E-state index contributed by atoms with van der Waals surface area (Å²) in [5.41, 5.74) is 1.77. The van der Waals surface area contributed by atoms with E-state index in [0.29, 0.717) is 11.0 Å². The number of benzene rings is 1. The van der Waals surface area contributed by atoms with Gasteiger partial charge in [0.05, 0.1) is 16.8 Å². The van der Waals surface area contributed by atoms with Gasteiger partial charge in [0.1, 0.15) is 17.3 Å². The summed E-state index contributed by atoms with van der Waals surface area (Å²) in [6.45, 7) is 2.46. The quantitative estimate of drug-likeness (QED) is 0.830. The first-order chi connectivity index (χ1) is 9.10. The minimum Gasteiger partial charge on any atom is -0.463 e. The van der Waals surface area contributed by atoms with Crippen molar-refractivity contribution in [3.05, 3.63) is 51.6 Å². The first kappa shape index (κ1) is 14.5. The summed E-state index contributed by atoms with van der Waals surface area (Å²) in [6, 6.07) is 7.21. The summed E-state index contributed by atoms with van der Waals surface area (Å²) >= 11 is 4.92. The summed E-state index contributed by atoms with van der Waals surface area (Å²) in [5.74, 6) is 2.48. The van der Waals surface area contributed by atoms with Gasteiger partial charge >= 0.3 is 0 Å². The van der Waals surface area contributed by atoms with Crippen LogP contribution < -0.4 is 5.32 Å². The molecule has 5 heteroatoms. The molecule has 102 valence electrons. The predicted molar refractivity (Wildman–Crippen MR) is 82.1 cm³/mol. The van der Waals surface area contributed by atoms with Gasteiger partial charge in [-0.15, -0.1) is 0 Å². The molecule has 0 amide bonds. The maximum atomic E-state index is 13.3. The maximum absolute atomic E-state index is 13.3. The highest BCUT2D eigenvalue weighted by atomic mass is 79.9. The van der Waals surface area contributed by atoms with Crippen molar-refractivity contribution in [1.82, 2.24) is 0 Å². The smallest absolute Gasteiger partial charge is 0.137 e. The molecule has 0 aliphatic rings. The average Bonchev–Trinajstić information content (AvgIpc) is 2.80. The third-order valence-corrected chi connectivity index (χ3v) is 3.91. The molecule has 2 aromatic rings. The first-order valence-corrected chi connectivity index (χ1v) is 8.05. The fraction of sp³-hybridized carbons (Fsp3) is 0.286. The minimum absolute atomic E-state index is 0.247. The van der Waals surface area contributed by atoms with Crippen molar-refractivity contribution < 1.29 is 8.81 Å². The third-order valence-electron chi connectivity index (χ3n) is 2.72. The first-order valence-electron chi connectivity index (χ1n) is 5.86. The van der Waals surface area contributed by atoms with E-state index in [1.54, 1.807) is 17.8 Å². The van der Waals surface area contributed by atoms with Crippen molar-refractivity contribution in [3.63, 3.8) is 0 Å². The number of anilines is 1. The molecule has 0 saturated carbocycles. The Labute approximate surface area is 124 Å². The molecule has 0 saturated heterocycles. The number of aryl methyl sites for hydroxylation is 1. The van der Waals surface area contributed by atoms with Crippen LogP contribution in [0.25, 0.3) is 0 Å². The van der Waals surface area contributed by atoms with Crippen molar-refractivity contribution >= 4 is 33.4 Å². The molecule has 1 aromatic carbocycles. The van der Waals surface area contributed by atoms with Gasteiger partial charge in [-0.05, 0) is 58.9 Å². The van der Waals surface area contributed by atoms with E-state index < -0.39 is 0 Å². The van der Waals surface area contributed by atoms with Gasteiger partial charge < -0.3 is 9.73 Å². The summed E-state index contributed by atoms with van der Waals surface area (Å²) in [7, 11) is 0. The van der Waals surface area contributed by atoms with E-state index in [0.717, 1.165) is 28.5 Å². The molecule has 2 nitrogen and oxygen atoms in total.